The molecule has 3 heterocycles. The number of H-pyrrole nitrogens is 1. The molecular weight excluding hydrogens is 336 g/mol. The number of nitrogens with one attached hydrogen (secondary N) is 1. The van der Waals surface area contributed by atoms with Crippen molar-refractivity contribution in [1.29, 1.82) is 0 Å². The SMILES string of the molecule is C.CCCn1cnc(-c2ccc(-c3nc(Cl)nc4nc[nH]c34)cc2)c1. The summed E-state index contributed by atoms with van der Waals surface area (Å²) < 4.78 is 2.10. The maximum Gasteiger partial charge on any atom is 0.225 e. The molecule has 1 N–H and O–H groups in total. The van der Waals surface area contributed by atoms with Crippen molar-refractivity contribution in [2.24, 2.45) is 0 Å². The first-order chi connectivity index (χ1) is 11.7. The summed E-state index contributed by atoms with van der Waals surface area (Å²) in [6.07, 6.45) is 6.61. The van der Waals surface area contributed by atoms with E-state index in [1.54, 1.807) is 6.33 Å². The van der Waals surface area contributed by atoms with Crippen LogP contribution in [0.1, 0.15) is 20.8 Å². The number of hydrogen-bond acceptors (Lipinski definition) is 4. The zero-order chi connectivity index (χ0) is 16.5. The van der Waals surface area contributed by atoms with Gasteiger partial charge >= 0.3 is 0 Å². The lowest BCUT2D eigenvalue weighted by Crippen LogP contribution is -1.91. The van der Waals surface area contributed by atoms with Gasteiger partial charge in [0, 0.05) is 23.9 Å². The maximum absolute atomic E-state index is 6.00. The molecule has 3 aromatic heterocycles. The Morgan fingerprint density at radius 3 is 2.60 bits per heavy atom. The summed E-state index contributed by atoms with van der Waals surface area (Å²) in [6.45, 7) is 3.12. The van der Waals surface area contributed by atoms with E-state index in [0.29, 0.717) is 5.65 Å². The number of hydrogen-bond donors (Lipinski definition) is 1. The van der Waals surface area contributed by atoms with Crippen LogP contribution in [0, 0.1) is 0 Å². The number of nitrogens with zero attached hydrogens (tertiary/aromatic N) is 5. The Kier molecular flexibility index (Phi) is 4.81. The molecule has 7 heteroatoms. The van der Waals surface area contributed by atoms with Gasteiger partial charge < -0.3 is 9.55 Å². The van der Waals surface area contributed by atoms with Gasteiger partial charge in [0.2, 0.25) is 5.28 Å². The van der Waals surface area contributed by atoms with Crippen LogP contribution in [-0.2, 0) is 6.54 Å². The third-order valence-corrected chi connectivity index (χ3v) is 4.00. The van der Waals surface area contributed by atoms with Gasteiger partial charge in [0.05, 0.1) is 18.3 Å². The predicted molar refractivity (Wildman–Crippen MR) is 100 cm³/mol. The lowest BCUT2D eigenvalue weighted by atomic mass is 10.1. The monoisotopic (exact) mass is 354 g/mol. The fraction of sp³-hybridized carbons (Fsp3) is 0.222. The molecule has 0 atom stereocenters. The zero-order valence-corrected chi connectivity index (χ0v) is 13.8. The molecular formula is C18H19ClN6. The molecule has 0 aliphatic carbocycles. The fourth-order valence-electron chi connectivity index (χ4n) is 2.70. The van der Waals surface area contributed by atoms with E-state index in [1.807, 2.05) is 30.6 Å². The number of halogens is 1. The Balaban J connectivity index is 0.00000182. The molecule has 0 fully saturated rings. The normalized spacial score (nSPS) is 10.8. The van der Waals surface area contributed by atoms with Crippen molar-refractivity contribution in [3.05, 3.63) is 48.4 Å². The quantitative estimate of drug-likeness (QED) is 0.544. The third-order valence-electron chi connectivity index (χ3n) is 3.83. The summed E-state index contributed by atoms with van der Waals surface area (Å²) in [4.78, 5) is 20.1. The Hall–Kier alpha value is -2.73. The van der Waals surface area contributed by atoms with Crippen molar-refractivity contribution in [3.8, 4) is 22.5 Å². The van der Waals surface area contributed by atoms with Crippen molar-refractivity contribution in [1.82, 2.24) is 29.5 Å². The Morgan fingerprint density at radius 2 is 1.84 bits per heavy atom. The molecule has 6 nitrogen and oxygen atoms in total. The van der Waals surface area contributed by atoms with Gasteiger partial charge in [0.15, 0.2) is 5.65 Å². The van der Waals surface area contributed by atoms with Crippen LogP contribution in [0.15, 0.2) is 43.1 Å². The number of imidazole rings is 2. The first kappa shape index (κ1) is 17.1. The molecule has 0 aliphatic heterocycles. The molecule has 0 radical (unpaired) electrons. The second kappa shape index (κ2) is 7.03. The van der Waals surface area contributed by atoms with Gasteiger partial charge in [0.1, 0.15) is 11.2 Å². The second-order valence-electron chi connectivity index (χ2n) is 5.52. The molecule has 1 aromatic carbocycles. The van der Waals surface area contributed by atoms with Crippen LogP contribution in [-0.4, -0.2) is 29.5 Å². The van der Waals surface area contributed by atoms with E-state index in [1.165, 1.54) is 0 Å². The highest BCUT2D eigenvalue weighted by atomic mass is 35.5. The lowest BCUT2D eigenvalue weighted by Gasteiger charge is -2.04. The van der Waals surface area contributed by atoms with Gasteiger partial charge in [-0.2, -0.15) is 4.98 Å². The number of aryl methyl sites for hydroxylation is 1. The lowest BCUT2D eigenvalue weighted by molar-refractivity contribution is 0.678. The molecule has 0 spiro atoms. The molecule has 0 amide bonds. The van der Waals surface area contributed by atoms with E-state index in [-0.39, 0.29) is 12.7 Å². The highest BCUT2D eigenvalue weighted by Gasteiger charge is 2.11. The molecule has 128 valence electrons. The van der Waals surface area contributed by atoms with E-state index >= 15 is 0 Å². The van der Waals surface area contributed by atoms with Crippen molar-refractivity contribution in [2.45, 2.75) is 27.3 Å². The summed E-state index contributed by atoms with van der Waals surface area (Å²) in [7, 11) is 0. The largest absolute Gasteiger partial charge is 0.341 e. The van der Waals surface area contributed by atoms with Gasteiger partial charge in [-0.15, -0.1) is 0 Å². The number of fused-ring (bicyclic) bond motifs is 1. The van der Waals surface area contributed by atoms with E-state index < -0.39 is 0 Å². The van der Waals surface area contributed by atoms with Gasteiger partial charge in [-0.3, -0.25) is 0 Å². The average molecular weight is 355 g/mol. The first-order valence-corrected chi connectivity index (χ1v) is 8.11. The highest BCUT2D eigenvalue weighted by molar-refractivity contribution is 6.28. The van der Waals surface area contributed by atoms with Crippen LogP contribution >= 0.6 is 11.6 Å². The summed E-state index contributed by atoms with van der Waals surface area (Å²) in [6, 6.07) is 8.08. The molecule has 0 unspecified atom stereocenters. The molecule has 0 saturated carbocycles. The van der Waals surface area contributed by atoms with Crippen LogP contribution < -0.4 is 0 Å². The summed E-state index contributed by atoms with van der Waals surface area (Å²) in [5, 5.41) is 0.187. The predicted octanol–water partition coefficient (Wildman–Crippen LogP) is 4.58. The van der Waals surface area contributed by atoms with Crippen LogP contribution in [0.4, 0.5) is 0 Å². The van der Waals surface area contributed by atoms with E-state index in [2.05, 4.69) is 42.6 Å². The van der Waals surface area contributed by atoms with E-state index in [4.69, 9.17) is 11.6 Å². The smallest absolute Gasteiger partial charge is 0.225 e. The van der Waals surface area contributed by atoms with Gasteiger partial charge in [-0.1, -0.05) is 38.6 Å². The van der Waals surface area contributed by atoms with Crippen LogP contribution in [0.3, 0.4) is 0 Å². The van der Waals surface area contributed by atoms with E-state index in [9.17, 15) is 0 Å². The van der Waals surface area contributed by atoms with Gasteiger partial charge in [0.25, 0.3) is 0 Å². The van der Waals surface area contributed by atoms with Crippen molar-refractivity contribution >= 4 is 22.8 Å². The fourth-order valence-corrected chi connectivity index (χ4v) is 2.87. The summed E-state index contributed by atoms with van der Waals surface area (Å²) >= 11 is 6.00. The summed E-state index contributed by atoms with van der Waals surface area (Å²) in [5.41, 5.74) is 5.06. The van der Waals surface area contributed by atoms with Crippen molar-refractivity contribution < 1.29 is 0 Å². The Labute approximate surface area is 151 Å². The maximum atomic E-state index is 6.00. The minimum absolute atomic E-state index is 0. The second-order valence-corrected chi connectivity index (χ2v) is 5.85. The standard InChI is InChI=1S/C17H15ClN6.CH4/c1-2-7-24-8-13(21-10-24)11-3-5-12(6-4-11)14-15-16(20-9-19-15)23-17(18)22-14;/h3-6,8-10H,2,7H2,1H3,(H,19,20,22,23);1H4. The van der Waals surface area contributed by atoms with Crippen LogP contribution in [0.2, 0.25) is 5.28 Å². The minimum atomic E-state index is 0. The van der Waals surface area contributed by atoms with Crippen molar-refractivity contribution in [2.75, 3.05) is 0 Å². The number of benzene rings is 1. The molecule has 25 heavy (non-hydrogen) atoms. The number of aromatic nitrogens is 6. The number of aromatic amines is 1. The molecule has 0 saturated heterocycles. The third kappa shape index (κ3) is 3.25. The topological polar surface area (TPSA) is 72.3 Å². The molecule has 0 aliphatic rings. The van der Waals surface area contributed by atoms with Crippen LogP contribution in [0.25, 0.3) is 33.7 Å². The highest BCUT2D eigenvalue weighted by Crippen LogP contribution is 2.27. The van der Waals surface area contributed by atoms with Crippen LogP contribution in [0.5, 0.6) is 0 Å². The molecule has 0 bridgehead atoms. The molecule has 4 rings (SSSR count). The summed E-state index contributed by atoms with van der Waals surface area (Å²) in [5.74, 6) is 0. The number of rotatable bonds is 4. The first-order valence-electron chi connectivity index (χ1n) is 7.74. The minimum Gasteiger partial charge on any atom is -0.341 e. The van der Waals surface area contributed by atoms with Crippen molar-refractivity contribution in [3.63, 3.8) is 0 Å². The zero-order valence-electron chi connectivity index (χ0n) is 13.1. The molecule has 4 aromatic rings. The van der Waals surface area contributed by atoms with E-state index in [0.717, 1.165) is 41.0 Å². The Morgan fingerprint density at radius 1 is 1.08 bits per heavy atom. The average Bonchev–Trinajstić information content (AvgIpc) is 3.24. The van der Waals surface area contributed by atoms with Gasteiger partial charge in [-0.25, -0.2) is 15.0 Å². The Bertz CT molecular complexity index is 986. The van der Waals surface area contributed by atoms with Gasteiger partial charge in [-0.05, 0) is 18.0 Å².